The van der Waals surface area contributed by atoms with Crippen LogP contribution in [-0.4, -0.2) is 8.07 Å². The van der Waals surface area contributed by atoms with E-state index in [9.17, 15) is 0 Å². The zero-order valence-corrected chi connectivity index (χ0v) is 28.6. The fourth-order valence-electron chi connectivity index (χ4n) is 6.98. The van der Waals surface area contributed by atoms with Crippen LogP contribution < -0.4 is 10.4 Å². The highest BCUT2D eigenvalue weighted by Crippen LogP contribution is 2.53. The highest BCUT2D eigenvalue weighted by Gasteiger charge is 2.52. The molecule has 3 heteroatoms. The summed E-state index contributed by atoms with van der Waals surface area (Å²) in [5, 5.41) is 8.25. The minimum atomic E-state index is -2.73. The Bertz CT molecular complexity index is 1980. The fourth-order valence-corrected chi connectivity index (χ4v) is 15.7. The highest BCUT2D eigenvalue weighted by atomic mass is 32.1. The maximum Gasteiger partial charge on any atom is 0.183 e. The van der Waals surface area contributed by atoms with E-state index < -0.39 is 8.07 Å². The van der Waals surface area contributed by atoms with Crippen molar-refractivity contribution in [2.75, 3.05) is 0 Å². The molecule has 0 spiro atoms. The summed E-state index contributed by atoms with van der Waals surface area (Å²) in [6.45, 7) is 11.4. The maximum absolute atomic E-state index is 2.73. The molecule has 0 amide bonds. The van der Waals surface area contributed by atoms with Gasteiger partial charge in [-0.15, -0.1) is 22.7 Å². The van der Waals surface area contributed by atoms with Crippen LogP contribution in [0.3, 0.4) is 0 Å². The Kier molecular flexibility index (Phi) is 7.50. The summed E-state index contributed by atoms with van der Waals surface area (Å²) in [4.78, 5) is 4.18. The summed E-state index contributed by atoms with van der Waals surface area (Å²) >= 11 is 3.86. The van der Waals surface area contributed by atoms with Gasteiger partial charge in [-0.2, -0.15) is 0 Å². The van der Waals surface area contributed by atoms with Crippen molar-refractivity contribution in [3.05, 3.63) is 164 Å². The molecule has 2 aromatic heterocycles. The largest absolute Gasteiger partial charge is 0.183 e. The monoisotopic (exact) mass is 620 g/mol. The molecule has 4 aromatic carbocycles. The number of hydrogen-bond acceptors (Lipinski definition) is 2. The van der Waals surface area contributed by atoms with Gasteiger partial charge in [0.25, 0.3) is 0 Å². The molecule has 0 aliphatic carbocycles. The Labute approximate surface area is 270 Å². The van der Waals surface area contributed by atoms with Crippen LogP contribution in [-0.2, 0) is 0 Å². The minimum Gasteiger partial charge on any atom is -0.144 e. The molecule has 44 heavy (non-hydrogen) atoms. The molecule has 0 fully saturated rings. The molecule has 0 radical (unpaired) electrons. The predicted octanol–water partition coefficient (Wildman–Crippen LogP) is 10.7. The predicted molar refractivity (Wildman–Crippen MR) is 197 cm³/mol. The third kappa shape index (κ3) is 4.62. The molecular formula is C41H36S2Si. The lowest BCUT2D eigenvalue weighted by atomic mass is 10.0. The molecule has 0 N–H and O–H groups in total. The van der Waals surface area contributed by atoms with Gasteiger partial charge in [0, 0.05) is 14.6 Å². The minimum absolute atomic E-state index is 1.29. The second-order valence-corrected chi connectivity index (χ2v) is 17.8. The average Bonchev–Trinajstić information content (AvgIpc) is 3.74. The summed E-state index contributed by atoms with van der Waals surface area (Å²) in [6, 6.07) is 45.7. The summed E-state index contributed by atoms with van der Waals surface area (Å²) in [5.74, 6) is 0. The normalized spacial score (nSPS) is 14.5. The first-order valence-electron chi connectivity index (χ1n) is 15.3. The van der Waals surface area contributed by atoms with Crippen LogP contribution in [0.5, 0.6) is 0 Å². The Morgan fingerprint density at radius 3 is 1.55 bits per heavy atom. The van der Waals surface area contributed by atoms with Crippen LogP contribution in [0.4, 0.5) is 0 Å². The van der Waals surface area contributed by atoms with Gasteiger partial charge in [0.1, 0.15) is 0 Å². The molecule has 6 aromatic rings. The molecule has 0 unspecified atom stereocenters. The van der Waals surface area contributed by atoms with E-state index in [0.717, 1.165) is 0 Å². The quantitative estimate of drug-likeness (QED) is 0.163. The van der Waals surface area contributed by atoms with Crippen LogP contribution in [0.2, 0.25) is 0 Å². The van der Waals surface area contributed by atoms with Gasteiger partial charge in [0.05, 0.1) is 0 Å². The first kappa shape index (κ1) is 28.7. The van der Waals surface area contributed by atoms with Gasteiger partial charge in [-0.25, -0.2) is 0 Å². The van der Waals surface area contributed by atoms with E-state index in [1.165, 1.54) is 79.9 Å². The Morgan fingerprint density at radius 2 is 1.00 bits per heavy atom. The van der Waals surface area contributed by atoms with Crippen molar-refractivity contribution in [1.82, 2.24) is 0 Å². The van der Waals surface area contributed by atoms with E-state index in [1.54, 1.807) is 0 Å². The van der Waals surface area contributed by atoms with Crippen molar-refractivity contribution in [3.8, 4) is 22.3 Å². The van der Waals surface area contributed by atoms with Crippen molar-refractivity contribution in [1.29, 1.82) is 0 Å². The third-order valence-electron chi connectivity index (χ3n) is 9.26. The Hall–Kier alpha value is -4.02. The van der Waals surface area contributed by atoms with Gasteiger partial charge in [0.2, 0.25) is 0 Å². The van der Waals surface area contributed by atoms with Gasteiger partial charge < -0.3 is 0 Å². The average molecular weight is 621 g/mol. The van der Waals surface area contributed by atoms with E-state index in [2.05, 4.69) is 161 Å². The lowest BCUT2D eigenvalue weighted by Gasteiger charge is -2.35. The molecule has 0 saturated carbocycles. The van der Waals surface area contributed by atoms with E-state index in [4.69, 9.17) is 0 Å². The van der Waals surface area contributed by atoms with E-state index in [-0.39, 0.29) is 0 Å². The zero-order valence-electron chi connectivity index (χ0n) is 25.9. The van der Waals surface area contributed by atoms with Crippen LogP contribution in [0.15, 0.2) is 138 Å². The molecule has 0 atom stereocenters. The number of benzene rings is 4. The molecular weight excluding hydrogens is 585 g/mol. The molecule has 0 saturated heterocycles. The Balaban J connectivity index is 1.54. The lowest BCUT2D eigenvalue weighted by molar-refractivity contribution is 1.39. The molecule has 1 aliphatic rings. The van der Waals surface area contributed by atoms with Crippen LogP contribution in [0.25, 0.3) is 32.6 Å². The lowest BCUT2D eigenvalue weighted by Crippen LogP contribution is -2.59. The highest BCUT2D eigenvalue weighted by molar-refractivity contribution is 7.32. The van der Waals surface area contributed by atoms with Crippen molar-refractivity contribution < 1.29 is 0 Å². The summed E-state index contributed by atoms with van der Waals surface area (Å²) in [7, 11) is -2.73. The van der Waals surface area contributed by atoms with Gasteiger partial charge in [-0.05, 0) is 106 Å². The van der Waals surface area contributed by atoms with Gasteiger partial charge in [-0.3, -0.25) is 0 Å². The second-order valence-electron chi connectivity index (χ2n) is 12.0. The summed E-state index contributed by atoms with van der Waals surface area (Å²) < 4.78 is 0. The van der Waals surface area contributed by atoms with Crippen LogP contribution in [0.1, 0.15) is 39.6 Å². The number of aryl methyl sites for hydroxylation is 3. The fraction of sp³-hybridized carbons (Fsp3) is 0.122. The standard InChI is InChI=1S/C41H36S2Si/c1-27-16-20-32(21-17-27)36-24-25-42-39(36)41-30(4)29(3)40(38-26-37(31(5)43-38)33-22-18-28(2)19-23-33)44(41,34-12-8-6-9-13-34)35-14-10-7-11-15-35/h6-26H,1-5H3. The first-order chi connectivity index (χ1) is 21.4. The number of allylic oxidation sites excluding steroid dienone is 2. The topological polar surface area (TPSA) is 0 Å². The van der Waals surface area contributed by atoms with Crippen molar-refractivity contribution in [2.24, 2.45) is 0 Å². The SMILES string of the molecule is CC1=C(c2cc(-c3ccc(C)cc3)c(C)s2)[Si](c2ccccc2)(c2ccccc2)C(c2sccc2-c2ccc(C)cc2)=C1C. The van der Waals surface area contributed by atoms with Gasteiger partial charge >= 0.3 is 0 Å². The number of rotatable bonds is 6. The van der Waals surface area contributed by atoms with Gasteiger partial charge in [-0.1, -0.05) is 120 Å². The van der Waals surface area contributed by atoms with Crippen LogP contribution >= 0.6 is 22.7 Å². The number of thiophene rings is 2. The zero-order chi connectivity index (χ0) is 30.4. The van der Waals surface area contributed by atoms with Crippen molar-refractivity contribution in [2.45, 2.75) is 34.6 Å². The molecule has 216 valence electrons. The number of hydrogen-bond donors (Lipinski definition) is 0. The summed E-state index contributed by atoms with van der Waals surface area (Å²) in [5.41, 5.74) is 10.7. The first-order valence-corrected chi connectivity index (χ1v) is 19.0. The Morgan fingerprint density at radius 1 is 0.500 bits per heavy atom. The van der Waals surface area contributed by atoms with Crippen LogP contribution in [0, 0.1) is 20.8 Å². The van der Waals surface area contributed by atoms with E-state index in [0.29, 0.717) is 0 Å². The molecule has 7 rings (SSSR count). The van der Waals surface area contributed by atoms with E-state index in [1.807, 2.05) is 22.7 Å². The molecule has 0 nitrogen and oxygen atoms in total. The smallest absolute Gasteiger partial charge is 0.144 e. The van der Waals surface area contributed by atoms with Gasteiger partial charge in [0.15, 0.2) is 8.07 Å². The van der Waals surface area contributed by atoms with Crippen molar-refractivity contribution in [3.63, 3.8) is 0 Å². The third-order valence-corrected chi connectivity index (χ3v) is 16.8. The van der Waals surface area contributed by atoms with E-state index >= 15 is 0 Å². The second kappa shape index (κ2) is 11.5. The maximum atomic E-state index is 2.49. The molecule has 0 bridgehead atoms. The van der Waals surface area contributed by atoms with Crippen molar-refractivity contribution >= 4 is 51.5 Å². The molecule has 1 aliphatic heterocycles. The molecule has 3 heterocycles. The summed E-state index contributed by atoms with van der Waals surface area (Å²) in [6.07, 6.45) is 0.